The zero-order valence-electron chi connectivity index (χ0n) is 21.5. The van der Waals surface area contributed by atoms with E-state index in [1.165, 1.54) is 0 Å². The Morgan fingerprint density at radius 2 is 0.842 bits per heavy atom. The maximum absolute atomic E-state index is 12.1. The molecule has 0 aromatic heterocycles. The van der Waals surface area contributed by atoms with Crippen LogP contribution in [0.3, 0.4) is 0 Å². The summed E-state index contributed by atoms with van der Waals surface area (Å²) in [4.78, 5) is 24.2. The maximum atomic E-state index is 12.1. The normalized spacial score (nSPS) is 35.6. The second-order valence-electron chi connectivity index (χ2n) is 9.97. The summed E-state index contributed by atoms with van der Waals surface area (Å²) in [6, 6.07) is -2.36. The molecule has 2 aliphatic heterocycles. The van der Waals surface area contributed by atoms with Gasteiger partial charge in [-0.2, -0.15) is 0 Å². The van der Waals surface area contributed by atoms with Crippen LogP contribution in [0.25, 0.3) is 0 Å². The molecule has 2 heterocycles. The molecule has 222 valence electrons. The molecule has 0 unspecified atom stereocenters. The molecule has 0 bridgehead atoms. The molecule has 14 heteroatoms. The van der Waals surface area contributed by atoms with Crippen LogP contribution in [0.15, 0.2) is 0 Å². The first kappa shape index (κ1) is 32.8. The molecule has 10 atom stereocenters. The quantitative estimate of drug-likeness (QED) is 0.0900. The van der Waals surface area contributed by atoms with Crippen LogP contribution in [0.5, 0.6) is 0 Å². The summed E-state index contributed by atoms with van der Waals surface area (Å²) in [6.07, 6.45) is -4.11. The van der Waals surface area contributed by atoms with Crippen molar-refractivity contribution in [3.8, 4) is 0 Å². The summed E-state index contributed by atoms with van der Waals surface area (Å²) >= 11 is 0. The van der Waals surface area contributed by atoms with Crippen LogP contribution in [-0.4, -0.2) is 127 Å². The van der Waals surface area contributed by atoms with E-state index < -0.39 is 74.5 Å². The van der Waals surface area contributed by atoms with Crippen molar-refractivity contribution in [2.75, 3.05) is 13.2 Å². The van der Waals surface area contributed by atoms with Gasteiger partial charge in [0.25, 0.3) is 0 Å². The van der Waals surface area contributed by atoms with Crippen molar-refractivity contribution in [3.63, 3.8) is 0 Å². The van der Waals surface area contributed by atoms with Gasteiger partial charge in [0.2, 0.25) is 11.8 Å². The van der Waals surface area contributed by atoms with Gasteiger partial charge in [-0.25, -0.2) is 0 Å². The number of carbonyl (C=O) groups excluding carboxylic acids is 2. The SMILES string of the molecule is O=C(CCCCCCCCCCC(=O)N[C@@H]1[C@@H](O)[C@H](O)[C@@H](CO)O[C@H]1O)N[C@@H]1[C@@H](O)[C@H](O)[C@@H](CO)O[C@H]1O. The topological polar surface area (TPSA) is 238 Å². The molecule has 0 spiro atoms. The Morgan fingerprint density at radius 3 is 1.16 bits per heavy atom. The first-order valence-electron chi connectivity index (χ1n) is 13.3. The minimum atomic E-state index is -1.53. The molecule has 2 rings (SSSR count). The van der Waals surface area contributed by atoms with E-state index in [0.29, 0.717) is 12.8 Å². The van der Waals surface area contributed by atoms with Gasteiger partial charge in [-0.05, 0) is 12.8 Å². The molecule has 2 aliphatic rings. The van der Waals surface area contributed by atoms with Crippen LogP contribution in [0, 0.1) is 0 Å². The van der Waals surface area contributed by atoms with E-state index in [1.54, 1.807) is 0 Å². The molecule has 2 amide bonds. The largest absolute Gasteiger partial charge is 0.394 e. The second kappa shape index (κ2) is 16.6. The van der Waals surface area contributed by atoms with Crippen molar-refractivity contribution in [3.05, 3.63) is 0 Å². The minimum absolute atomic E-state index is 0.192. The molecule has 0 radical (unpaired) electrons. The number of hydrogen-bond acceptors (Lipinski definition) is 12. The fraction of sp³-hybridized carbons (Fsp3) is 0.917. The molecule has 14 nitrogen and oxygen atoms in total. The number of unbranched alkanes of at least 4 members (excludes halogenated alkanes) is 7. The van der Waals surface area contributed by atoms with E-state index in [9.17, 15) is 40.2 Å². The second-order valence-corrected chi connectivity index (χ2v) is 9.97. The third kappa shape index (κ3) is 9.62. The third-order valence-electron chi connectivity index (χ3n) is 7.01. The highest BCUT2D eigenvalue weighted by Crippen LogP contribution is 2.21. The van der Waals surface area contributed by atoms with Gasteiger partial charge in [-0.1, -0.05) is 38.5 Å². The molecular formula is C24H44N2O12. The molecule has 2 fully saturated rings. The lowest BCUT2D eigenvalue weighted by Crippen LogP contribution is -2.64. The predicted molar refractivity (Wildman–Crippen MR) is 130 cm³/mol. The molecule has 2 saturated heterocycles. The lowest BCUT2D eigenvalue weighted by molar-refractivity contribution is -0.253. The smallest absolute Gasteiger partial charge is 0.220 e. The minimum Gasteiger partial charge on any atom is -0.394 e. The van der Waals surface area contributed by atoms with Gasteiger partial charge in [0.15, 0.2) is 12.6 Å². The predicted octanol–water partition coefficient (Wildman–Crippen LogP) is -3.28. The first-order valence-corrected chi connectivity index (χ1v) is 13.3. The third-order valence-corrected chi connectivity index (χ3v) is 7.01. The lowest BCUT2D eigenvalue weighted by Gasteiger charge is -2.40. The zero-order valence-corrected chi connectivity index (χ0v) is 21.5. The molecule has 38 heavy (non-hydrogen) atoms. The maximum Gasteiger partial charge on any atom is 0.220 e. The Bertz CT molecular complexity index is 658. The Kier molecular flexibility index (Phi) is 14.3. The van der Waals surface area contributed by atoms with E-state index in [1.807, 2.05) is 0 Å². The van der Waals surface area contributed by atoms with Crippen molar-refractivity contribution in [2.24, 2.45) is 0 Å². The van der Waals surface area contributed by atoms with Crippen molar-refractivity contribution >= 4 is 11.8 Å². The molecule has 0 aromatic carbocycles. The summed E-state index contributed by atoms with van der Waals surface area (Å²) in [5.41, 5.74) is 0. The summed E-state index contributed by atoms with van der Waals surface area (Å²) < 4.78 is 10.0. The zero-order chi connectivity index (χ0) is 28.2. The van der Waals surface area contributed by atoms with Crippen LogP contribution in [0.2, 0.25) is 0 Å². The van der Waals surface area contributed by atoms with Gasteiger partial charge in [-0.3, -0.25) is 9.59 Å². The fourth-order valence-corrected chi connectivity index (χ4v) is 4.65. The van der Waals surface area contributed by atoms with Crippen LogP contribution in [0.1, 0.15) is 64.2 Å². The first-order chi connectivity index (χ1) is 18.1. The Morgan fingerprint density at radius 1 is 0.526 bits per heavy atom. The van der Waals surface area contributed by atoms with Gasteiger partial charge in [0.1, 0.15) is 48.7 Å². The number of aliphatic hydroxyl groups is 8. The van der Waals surface area contributed by atoms with Crippen molar-refractivity contribution in [1.82, 2.24) is 10.6 Å². The average Bonchev–Trinajstić information content (AvgIpc) is 2.89. The number of nitrogens with one attached hydrogen (secondary N) is 2. The van der Waals surface area contributed by atoms with Crippen LogP contribution < -0.4 is 10.6 Å². The summed E-state index contributed by atoms with van der Waals surface area (Å²) in [5, 5.41) is 82.8. The van der Waals surface area contributed by atoms with E-state index in [0.717, 1.165) is 38.5 Å². The van der Waals surface area contributed by atoms with Crippen molar-refractivity contribution in [1.29, 1.82) is 0 Å². The Balaban J connectivity index is 1.48. The molecule has 0 saturated carbocycles. The number of carbonyl (C=O) groups is 2. The van der Waals surface area contributed by atoms with Crippen molar-refractivity contribution in [2.45, 2.75) is 125 Å². The van der Waals surface area contributed by atoms with E-state index in [4.69, 9.17) is 19.7 Å². The monoisotopic (exact) mass is 552 g/mol. The highest BCUT2D eigenvalue weighted by Gasteiger charge is 2.45. The standard InChI is InChI=1S/C24H44N2O12/c27-11-13-19(31)21(33)17(23(35)37-13)25-15(29)9-7-5-3-1-2-4-6-8-10-16(30)26-18-22(34)20(32)14(12-28)38-24(18)36/h13-14,17-24,27-28,31-36H,1-12H2,(H,25,29)(H,26,30)/t13-,14-,17-,18-,19-,20-,21-,22-,23-,24-/m1/s1. The van der Waals surface area contributed by atoms with Crippen LogP contribution >= 0.6 is 0 Å². The van der Waals surface area contributed by atoms with Gasteiger partial charge in [-0.15, -0.1) is 0 Å². The summed E-state index contributed by atoms with van der Waals surface area (Å²) in [5.74, 6) is -0.764. The Hall–Kier alpha value is -1.46. The number of amides is 2. The average molecular weight is 553 g/mol. The van der Waals surface area contributed by atoms with E-state index in [2.05, 4.69) is 10.6 Å². The molecular weight excluding hydrogens is 508 g/mol. The number of ether oxygens (including phenoxy) is 2. The van der Waals surface area contributed by atoms with Gasteiger partial charge >= 0.3 is 0 Å². The molecule has 10 N–H and O–H groups in total. The number of aliphatic hydroxyl groups excluding tert-OH is 8. The summed E-state index contributed by atoms with van der Waals surface area (Å²) in [6.45, 7) is -1.15. The van der Waals surface area contributed by atoms with Gasteiger partial charge in [0.05, 0.1) is 13.2 Å². The van der Waals surface area contributed by atoms with E-state index in [-0.39, 0.29) is 24.7 Å². The van der Waals surface area contributed by atoms with Gasteiger partial charge < -0.3 is 61.0 Å². The fourth-order valence-electron chi connectivity index (χ4n) is 4.65. The highest BCUT2D eigenvalue weighted by molar-refractivity contribution is 5.76. The van der Waals surface area contributed by atoms with Crippen LogP contribution in [-0.2, 0) is 19.1 Å². The number of rotatable bonds is 15. The molecule has 0 aromatic rings. The Labute approximate surface area is 221 Å². The van der Waals surface area contributed by atoms with E-state index >= 15 is 0 Å². The highest BCUT2D eigenvalue weighted by atomic mass is 16.6. The van der Waals surface area contributed by atoms with Crippen molar-refractivity contribution < 1.29 is 59.9 Å². The lowest BCUT2D eigenvalue weighted by atomic mass is 9.97. The summed E-state index contributed by atoms with van der Waals surface area (Å²) in [7, 11) is 0. The number of hydrogen-bond donors (Lipinski definition) is 10. The van der Waals surface area contributed by atoms with Crippen LogP contribution in [0.4, 0.5) is 0 Å². The molecule has 0 aliphatic carbocycles. The van der Waals surface area contributed by atoms with Gasteiger partial charge in [0, 0.05) is 12.8 Å².